The quantitative estimate of drug-likeness (QED) is 0.290. The standard InChI is InChI=1S/C13H14N2O5/c1-8(2)12(16)14-9(3)13(17)20-11-6-4-10(5-7-11)15(18)19/h4-7,9H,1H2,2-3H3,(H,14,16)/t9-/m0/s1. The summed E-state index contributed by atoms with van der Waals surface area (Å²) in [6.07, 6.45) is 0. The number of ether oxygens (including phenoxy) is 1. The molecule has 0 aliphatic rings. The largest absolute Gasteiger partial charge is 0.425 e. The molecule has 0 aliphatic heterocycles. The minimum absolute atomic E-state index is 0.103. The number of benzene rings is 1. The van der Waals surface area contributed by atoms with E-state index in [1.54, 1.807) is 0 Å². The fraction of sp³-hybridized carbons (Fsp3) is 0.231. The lowest BCUT2D eigenvalue weighted by Crippen LogP contribution is -2.40. The van der Waals surface area contributed by atoms with Crippen LogP contribution in [0.25, 0.3) is 0 Å². The maximum absolute atomic E-state index is 11.7. The summed E-state index contributed by atoms with van der Waals surface area (Å²) in [5, 5.41) is 12.9. The number of rotatable bonds is 5. The zero-order valence-corrected chi connectivity index (χ0v) is 11.1. The molecule has 7 heteroatoms. The zero-order chi connectivity index (χ0) is 15.3. The van der Waals surface area contributed by atoms with Gasteiger partial charge in [-0.3, -0.25) is 14.9 Å². The summed E-state index contributed by atoms with van der Waals surface area (Å²) in [6.45, 7) is 6.43. The average Bonchev–Trinajstić information content (AvgIpc) is 2.38. The number of nitrogens with zero attached hydrogens (tertiary/aromatic N) is 1. The Morgan fingerprint density at radius 3 is 2.35 bits per heavy atom. The first-order valence-corrected chi connectivity index (χ1v) is 5.73. The minimum Gasteiger partial charge on any atom is -0.425 e. The third-order valence-corrected chi connectivity index (χ3v) is 2.35. The number of nitrogens with one attached hydrogen (secondary N) is 1. The van der Waals surface area contributed by atoms with Gasteiger partial charge in [-0.15, -0.1) is 0 Å². The number of hydrogen-bond acceptors (Lipinski definition) is 5. The molecule has 7 nitrogen and oxygen atoms in total. The van der Waals surface area contributed by atoms with Gasteiger partial charge in [0.25, 0.3) is 5.69 Å². The Kier molecular flexibility index (Phi) is 4.96. The average molecular weight is 278 g/mol. The normalized spacial score (nSPS) is 11.3. The Morgan fingerprint density at radius 1 is 1.35 bits per heavy atom. The van der Waals surface area contributed by atoms with E-state index in [0.29, 0.717) is 0 Å². The highest BCUT2D eigenvalue weighted by atomic mass is 16.6. The molecule has 0 aromatic heterocycles. The van der Waals surface area contributed by atoms with Crippen molar-refractivity contribution in [2.45, 2.75) is 19.9 Å². The van der Waals surface area contributed by atoms with E-state index in [4.69, 9.17) is 4.74 Å². The van der Waals surface area contributed by atoms with Gasteiger partial charge in [0.15, 0.2) is 0 Å². The molecule has 1 atom stereocenters. The number of nitro groups is 1. The third-order valence-electron chi connectivity index (χ3n) is 2.35. The first-order valence-electron chi connectivity index (χ1n) is 5.73. The summed E-state index contributed by atoms with van der Waals surface area (Å²) in [5.41, 5.74) is 0.174. The van der Waals surface area contributed by atoms with Gasteiger partial charge in [-0.1, -0.05) is 6.58 Å². The van der Waals surface area contributed by atoms with Crippen LogP contribution in [-0.2, 0) is 9.59 Å². The lowest BCUT2D eigenvalue weighted by molar-refractivity contribution is -0.384. The van der Waals surface area contributed by atoms with Crippen LogP contribution in [0, 0.1) is 10.1 Å². The van der Waals surface area contributed by atoms with E-state index in [2.05, 4.69) is 11.9 Å². The molecule has 20 heavy (non-hydrogen) atoms. The smallest absolute Gasteiger partial charge is 0.333 e. The molecular weight excluding hydrogens is 264 g/mol. The number of nitro benzene ring substituents is 1. The monoisotopic (exact) mass is 278 g/mol. The molecule has 1 aromatic carbocycles. The lowest BCUT2D eigenvalue weighted by atomic mass is 10.2. The van der Waals surface area contributed by atoms with Crippen LogP contribution in [0.5, 0.6) is 5.75 Å². The van der Waals surface area contributed by atoms with Gasteiger partial charge in [-0.05, 0) is 26.0 Å². The fourth-order valence-corrected chi connectivity index (χ4v) is 1.22. The first kappa shape index (κ1) is 15.4. The van der Waals surface area contributed by atoms with E-state index in [0.717, 1.165) is 0 Å². The predicted octanol–water partition coefficient (Wildman–Crippen LogP) is 1.58. The van der Waals surface area contributed by atoms with E-state index >= 15 is 0 Å². The molecule has 106 valence electrons. The number of amides is 1. The van der Waals surface area contributed by atoms with Crippen LogP contribution in [0.1, 0.15) is 13.8 Å². The molecular formula is C13H14N2O5. The molecule has 1 aromatic rings. The van der Waals surface area contributed by atoms with Gasteiger partial charge in [0.05, 0.1) is 4.92 Å². The number of esters is 1. The second-order valence-electron chi connectivity index (χ2n) is 4.15. The van der Waals surface area contributed by atoms with Crippen LogP contribution in [0.2, 0.25) is 0 Å². The van der Waals surface area contributed by atoms with Gasteiger partial charge in [-0.2, -0.15) is 0 Å². The summed E-state index contributed by atoms with van der Waals surface area (Å²) >= 11 is 0. The van der Waals surface area contributed by atoms with E-state index < -0.39 is 22.8 Å². The first-order chi connectivity index (χ1) is 9.31. The zero-order valence-electron chi connectivity index (χ0n) is 11.1. The Balaban J connectivity index is 2.63. The van der Waals surface area contributed by atoms with Gasteiger partial charge in [0.2, 0.25) is 5.91 Å². The number of hydrogen-bond donors (Lipinski definition) is 1. The third kappa shape index (κ3) is 4.20. The van der Waals surface area contributed by atoms with Crippen LogP contribution in [-0.4, -0.2) is 22.8 Å². The van der Waals surface area contributed by atoms with Crippen molar-refractivity contribution in [3.05, 3.63) is 46.5 Å². The SMILES string of the molecule is C=C(C)C(=O)N[C@@H](C)C(=O)Oc1ccc([N+](=O)[O-])cc1. The van der Waals surface area contributed by atoms with Crippen molar-refractivity contribution in [1.29, 1.82) is 0 Å². The molecule has 0 spiro atoms. The second kappa shape index (κ2) is 6.46. The van der Waals surface area contributed by atoms with E-state index in [1.807, 2.05) is 0 Å². The Bertz CT molecular complexity index is 550. The molecule has 0 saturated carbocycles. The van der Waals surface area contributed by atoms with E-state index in [-0.39, 0.29) is 17.0 Å². The molecule has 0 fully saturated rings. The molecule has 0 heterocycles. The Labute approximate surface area is 115 Å². The van der Waals surface area contributed by atoms with Crippen LogP contribution >= 0.6 is 0 Å². The summed E-state index contributed by atoms with van der Waals surface area (Å²) in [6, 6.07) is 4.21. The van der Waals surface area contributed by atoms with Crippen LogP contribution < -0.4 is 10.1 Å². The molecule has 1 N–H and O–H groups in total. The molecule has 0 radical (unpaired) electrons. The topological polar surface area (TPSA) is 98.5 Å². The van der Waals surface area contributed by atoms with Gasteiger partial charge >= 0.3 is 5.97 Å². The number of carbonyl (C=O) groups excluding carboxylic acids is 2. The molecule has 1 rings (SSSR count). The van der Waals surface area contributed by atoms with Gasteiger partial charge in [0, 0.05) is 17.7 Å². The maximum atomic E-state index is 11.7. The van der Waals surface area contributed by atoms with E-state index in [9.17, 15) is 19.7 Å². The lowest BCUT2D eigenvalue weighted by Gasteiger charge is -2.12. The van der Waals surface area contributed by atoms with Crippen molar-refractivity contribution in [1.82, 2.24) is 5.32 Å². The van der Waals surface area contributed by atoms with E-state index in [1.165, 1.54) is 38.1 Å². The highest BCUT2D eigenvalue weighted by molar-refractivity contribution is 5.95. The van der Waals surface area contributed by atoms with Crippen molar-refractivity contribution in [3.63, 3.8) is 0 Å². The number of non-ortho nitro benzene ring substituents is 1. The summed E-state index contributed by atoms with van der Waals surface area (Å²) in [7, 11) is 0. The van der Waals surface area contributed by atoms with Crippen molar-refractivity contribution in [3.8, 4) is 5.75 Å². The summed E-state index contributed by atoms with van der Waals surface area (Å²) < 4.78 is 4.99. The Hall–Kier alpha value is -2.70. The van der Waals surface area contributed by atoms with Crippen molar-refractivity contribution in [2.24, 2.45) is 0 Å². The second-order valence-corrected chi connectivity index (χ2v) is 4.15. The van der Waals surface area contributed by atoms with Crippen LogP contribution in [0.4, 0.5) is 5.69 Å². The molecule has 0 saturated heterocycles. The Morgan fingerprint density at radius 2 is 1.90 bits per heavy atom. The van der Waals surface area contributed by atoms with Gasteiger partial charge in [0.1, 0.15) is 11.8 Å². The summed E-state index contributed by atoms with van der Waals surface area (Å²) in [5.74, 6) is -0.955. The van der Waals surface area contributed by atoms with Gasteiger partial charge in [-0.25, -0.2) is 4.79 Å². The van der Waals surface area contributed by atoms with Crippen molar-refractivity contribution >= 4 is 17.6 Å². The minimum atomic E-state index is -0.852. The molecule has 0 unspecified atom stereocenters. The van der Waals surface area contributed by atoms with Crippen molar-refractivity contribution < 1.29 is 19.2 Å². The maximum Gasteiger partial charge on any atom is 0.333 e. The van der Waals surface area contributed by atoms with Gasteiger partial charge < -0.3 is 10.1 Å². The number of carbonyl (C=O) groups is 2. The fourth-order valence-electron chi connectivity index (χ4n) is 1.22. The summed E-state index contributed by atoms with van der Waals surface area (Å²) in [4.78, 5) is 32.9. The molecule has 1 amide bonds. The van der Waals surface area contributed by atoms with Crippen LogP contribution in [0.15, 0.2) is 36.4 Å². The highest BCUT2D eigenvalue weighted by Crippen LogP contribution is 2.17. The van der Waals surface area contributed by atoms with Crippen molar-refractivity contribution in [2.75, 3.05) is 0 Å². The van der Waals surface area contributed by atoms with Crippen LogP contribution in [0.3, 0.4) is 0 Å². The molecule has 0 aliphatic carbocycles. The molecule has 0 bridgehead atoms. The highest BCUT2D eigenvalue weighted by Gasteiger charge is 2.18. The predicted molar refractivity (Wildman–Crippen MR) is 71.2 cm³/mol.